The molecule has 4 rings (SSSR count). The second-order valence-corrected chi connectivity index (χ2v) is 9.25. The number of rotatable bonds is 2. The predicted octanol–water partition coefficient (Wildman–Crippen LogP) is 2.83. The minimum Gasteiger partial charge on any atom is -0.487 e. The Morgan fingerprint density at radius 2 is 1.70 bits per heavy atom. The molecule has 0 radical (unpaired) electrons. The van der Waals surface area contributed by atoms with E-state index in [9.17, 15) is 22.3 Å². The summed E-state index contributed by atoms with van der Waals surface area (Å²) in [7, 11) is -4.39. The highest BCUT2D eigenvalue weighted by Gasteiger charge is 2.67. The molecule has 2 aliphatic heterocycles. The maximum Gasteiger partial charge on any atom is 0.191 e. The maximum atomic E-state index is 14.9. The third-order valence-corrected chi connectivity index (χ3v) is 8.04. The lowest BCUT2D eigenvalue weighted by Gasteiger charge is -2.51. The van der Waals surface area contributed by atoms with Gasteiger partial charge in [-0.2, -0.15) is 0 Å². The van der Waals surface area contributed by atoms with E-state index in [-0.39, 0.29) is 17.9 Å². The largest absolute Gasteiger partial charge is 0.487 e. The van der Waals surface area contributed by atoms with E-state index in [1.165, 1.54) is 24.3 Å². The van der Waals surface area contributed by atoms with Gasteiger partial charge in [0.15, 0.2) is 21.4 Å². The summed E-state index contributed by atoms with van der Waals surface area (Å²) in [5.41, 5.74) is -2.60. The molecule has 0 bridgehead atoms. The summed E-state index contributed by atoms with van der Waals surface area (Å²) >= 11 is 5.84. The third kappa shape index (κ3) is 2.44. The summed E-state index contributed by atoms with van der Waals surface area (Å²) in [6.45, 7) is -0.993. The van der Waals surface area contributed by atoms with Gasteiger partial charge in [-0.3, -0.25) is 0 Å². The summed E-state index contributed by atoms with van der Waals surface area (Å²) in [4.78, 5) is -0.163. The van der Waals surface area contributed by atoms with Crippen LogP contribution < -0.4 is 4.74 Å². The topological polar surface area (TPSA) is 72.8 Å². The van der Waals surface area contributed by atoms with E-state index in [0.29, 0.717) is 5.02 Å². The van der Waals surface area contributed by atoms with Gasteiger partial charge in [0.1, 0.15) is 22.8 Å². The van der Waals surface area contributed by atoms with Gasteiger partial charge in [-0.25, -0.2) is 17.2 Å². The van der Waals surface area contributed by atoms with E-state index in [1.54, 1.807) is 0 Å². The van der Waals surface area contributed by atoms with Crippen molar-refractivity contribution < 1.29 is 31.8 Å². The quantitative estimate of drug-likeness (QED) is 0.815. The number of aliphatic hydroxyl groups is 1. The zero-order valence-corrected chi connectivity index (χ0v) is 15.5. The van der Waals surface area contributed by atoms with Gasteiger partial charge in [-0.1, -0.05) is 11.6 Å². The van der Waals surface area contributed by atoms with Crippen LogP contribution in [-0.4, -0.2) is 38.9 Å². The minimum atomic E-state index is -4.39. The Morgan fingerprint density at radius 3 is 2.41 bits per heavy atom. The molecule has 2 aliphatic rings. The molecule has 9 heteroatoms. The van der Waals surface area contributed by atoms with E-state index >= 15 is 0 Å². The molecule has 0 aromatic heterocycles. The zero-order valence-electron chi connectivity index (χ0n) is 13.9. The molecule has 0 spiro atoms. The molecule has 2 heterocycles. The first-order valence-electron chi connectivity index (χ1n) is 8.14. The van der Waals surface area contributed by atoms with Crippen molar-refractivity contribution in [2.75, 3.05) is 19.8 Å². The van der Waals surface area contributed by atoms with Gasteiger partial charge in [0.05, 0.1) is 17.1 Å². The molecule has 27 heavy (non-hydrogen) atoms. The lowest BCUT2D eigenvalue weighted by Crippen LogP contribution is -2.67. The summed E-state index contributed by atoms with van der Waals surface area (Å²) in [5.74, 6) is -2.37. The van der Waals surface area contributed by atoms with Crippen LogP contribution in [0.3, 0.4) is 0 Å². The molecule has 2 atom stereocenters. The first-order valence-corrected chi connectivity index (χ1v) is 10.0. The van der Waals surface area contributed by atoms with Crippen molar-refractivity contribution in [2.45, 2.75) is 21.7 Å². The van der Waals surface area contributed by atoms with Crippen LogP contribution in [0, 0.1) is 11.6 Å². The molecule has 1 N–H and O–H groups in total. The van der Waals surface area contributed by atoms with Crippen molar-refractivity contribution in [1.29, 1.82) is 0 Å². The Morgan fingerprint density at radius 1 is 1.04 bits per heavy atom. The summed E-state index contributed by atoms with van der Waals surface area (Å²) in [5, 5.41) is 11.5. The van der Waals surface area contributed by atoms with Gasteiger partial charge < -0.3 is 14.6 Å². The standard InChI is InChI=1S/C18H15ClF2O5S/c19-11-1-3-12(4-2-11)27(23,24)18-7-8-25-9-17(18,22)10-26-16-14(21)6-5-13(20)15(16)18/h1-6,22H,7-10H2. The van der Waals surface area contributed by atoms with Crippen LogP contribution in [0.2, 0.25) is 5.02 Å². The highest BCUT2D eigenvalue weighted by Crippen LogP contribution is 2.55. The van der Waals surface area contributed by atoms with Crippen LogP contribution in [0.15, 0.2) is 41.3 Å². The second-order valence-electron chi connectivity index (χ2n) is 6.64. The lowest BCUT2D eigenvalue weighted by atomic mass is 9.76. The van der Waals surface area contributed by atoms with Crippen LogP contribution in [-0.2, 0) is 19.3 Å². The van der Waals surface area contributed by atoms with E-state index in [1.807, 2.05) is 0 Å². The maximum absolute atomic E-state index is 14.9. The van der Waals surface area contributed by atoms with Crippen molar-refractivity contribution >= 4 is 21.4 Å². The Bertz CT molecular complexity index is 1010. The highest BCUT2D eigenvalue weighted by molar-refractivity contribution is 7.92. The highest BCUT2D eigenvalue weighted by atomic mass is 35.5. The number of fused-ring (bicyclic) bond motifs is 3. The molecule has 0 saturated carbocycles. The molecule has 5 nitrogen and oxygen atoms in total. The normalized spacial score (nSPS) is 27.4. The van der Waals surface area contributed by atoms with Crippen LogP contribution in [0.1, 0.15) is 12.0 Å². The van der Waals surface area contributed by atoms with E-state index < -0.39 is 56.3 Å². The van der Waals surface area contributed by atoms with Gasteiger partial charge in [-0.05, 0) is 42.8 Å². The molecule has 2 aromatic carbocycles. The smallest absolute Gasteiger partial charge is 0.191 e. The number of ether oxygens (including phenoxy) is 2. The van der Waals surface area contributed by atoms with Crippen molar-refractivity contribution in [1.82, 2.24) is 0 Å². The van der Waals surface area contributed by atoms with Gasteiger partial charge in [0.2, 0.25) is 0 Å². The number of hydrogen-bond donors (Lipinski definition) is 1. The van der Waals surface area contributed by atoms with Crippen molar-refractivity contribution in [2.24, 2.45) is 0 Å². The Hall–Kier alpha value is -1.74. The SMILES string of the molecule is O=S(=O)(c1ccc(Cl)cc1)C12CCOCC1(O)COc1c(F)ccc(F)c12. The summed E-state index contributed by atoms with van der Waals surface area (Å²) < 4.78 is 64.9. The molecule has 2 aromatic rings. The Labute approximate surface area is 159 Å². The molecular weight excluding hydrogens is 402 g/mol. The molecular formula is C18H15ClF2O5S. The van der Waals surface area contributed by atoms with Gasteiger partial charge in [0.25, 0.3) is 0 Å². The van der Waals surface area contributed by atoms with Crippen LogP contribution in [0.5, 0.6) is 5.75 Å². The molecule has 0 aliphatic carbocycles. The molecule has 2 unspecified atom stereocenters. The van der Waals surface area contributed by atoms with Crippen molar-refractivity contribution in [3.05, 3.63) is 58.6 Å². The molecule has 144 valence electrons. The number of hydrogen-bond acceptors (Lipinski definition) is 5. The number of sulfone groups is 1. The van der Waals surface area contributed by atoms with Crippen LogP contribution in [0.25, 0.3) is 0 Å². The lowest BCUT2D eigenvalue weighted by molar-refractivity contribution is -0.144. The van der Waals surface area contributed by atoms with Gasteiger partial charge in [-0.15, -0.1) is 0 Å². The first kappa shape index (κ1) is 18.6. The fourth-order valence-electron chi connectivity index (χ4n) is 3.90. The fraction of sp³-hybridized carbons (Fsp3) is 0.333. The van der Waals surface area contributed by atoms with Gasteiger partial charge >= 0.3 is 0 Å². The molecule has 1 fully saturated rings. The zero-order chi connectivity index (χ0) is 19.4. The summed E-state index contributed by atoms with van der Waals surface area (Å²) in [6, 6.07) is 7.00. The number of benzene rings is 2. The monoisotopic (exact) mass is 416 g/mol. The summed E-state index contributed by atoms with van der Waals surface area (Å²) in [6.07, 6.45) is -0.259. The Kier molecular flexibility index (Phi) is 4.23. The van der Waals surface area contributed by atoms with Crippen LogP contribution in [0.4, 0.5) is 8.78 Å². The second kappa shape index (κ2) is 6.13. The first-order chi connectivity index (χ1) is 12.7. The fourth-order valence-corrected chi connectivity index (χ4v) is 6.35. The molecule has 0 amide bonds. The average Bonchev–Trinajstić information content (AvgIpc) is 2.64. The average molecular weight is 417 g/mol. The van der Waals surface area contributed by atoms with Crippen molar-refractivity contribution in [3.63, 3.8) is 0 Å². The predicted molar refractivity (Wildman–Crippen MR) is 92.6 cm³/mol. The van der Waals surface area contributed by atoms with E-state index in [0.717, 1.165) is 12.1 Å². The third-order valence-electron chi connectivity index (χ3n) is 5.19. The minimum absolute atomic E-state index is 0.0511. The molecule has 1 saturated heterocycles. The van der Waals surface area contributed by atoms with Crippen molar-refractivity contribution in [3.8, 4) is 5.75 Å². The van der Waals surface area contributed by atoms with Gasteiger partial charge in [0, 0.05) is 11.6 Å². The van der Waals surface area contributed by atoms with E-state index in [4.69, 9.17) is 21.1 Å². The Balaban J connectivity index is 2.08. The van der Waals surface area contributed by atoms with E-state index in [2.05, 4.69) is 0 Å². The van der Waals surface area contributed by atoms with Crippen LogP contribution >= 0.6 is 11.6 Å². The number of halogens is 3.